The number of aromatic hydroxyl groups is 2. The van der Waals surface area contributed by atoms with Gasteiger partial charge in [-0.1, -0.05) is 12.1 Å². The van der Waals surface area contributed by atoms with Crippen molar-refractivity contribution in [1.29, 1.82) is 0 Å². The van der Waals surface area contributed by atoms with Gasteiger partial charge in [0.15, 0.2) is 4.88 Å². The van der Waals surface area contributed by atoms with Crippen molar-refractivity contribution in [3.8, 4) is 22.2 Å². The number of hydrogen-bond acceptors (Lipinski definition) is 6. The second-order valence-electron chi connectivity index (χ2n) is 4.29. The molecule has 2 aromatic rings. The lowest BCUT2D eigenvalue weighted by Gasteiger charge is -2.11. The van der Waals surface area contributed by atoms with E-state index >= 15 is 0 Å². The maximum Gasteiger partial charge on any atom is 0.271 e. The topological polar surface area (TPSA) is 82.9 Å². The second-order valence-corrected chi connectivity index (χ2v) is 5.29. The Bertz CT molecular complexity index is 650. The fourth-order valence-electron chi connectivity index (χ4n) is 1.94. The number of carbonyl (C=O) groups excluding carboxylic acids is 1. The van der Waals surface area contributed by atoms with Gasteiger partial charge in [0.2, 0.25) is 5.88 Å². The summed E-state index contributed by atoms with van der Waals surface area (Å²) in [7, 11) is 0. The van der Waals surface area contributed by atoms with Crippen LogP contribution in [0.4, 0.5) is 0 Å². The van der Waals surface area contributed by atoms with Crippen LogP contribution in [0.25, 0.3) is 10.6 Å². The Balaban J connectivity index is 1.95. The SMILES string of the molecule is O=C(c1sc(-c2ccccc2O)nc1O)N1CCOC1. The summed E-state index contributed by atoms with van der Waals surface area (Å²) in [6, 6.07) is 6.66. The highest BCUT2D eigenvalue weighted by Gasteiger charge is 2.26. The third kappa shape index (κ3) is 2.21. The number of carbonyl (C=O) groups is 1. The number of hydrogen-bond donors (Lipinski definition) is 2. The highest BCUT2D eigenvalue weighted by atomic mass is 32.1. The molecular formula is C13H12N2O4S. The van der Waals surface area contributed by atoms with Crippen LogP contribution in [0, 0.1) is 0 Å². The fourth-order valence-corrected chi connectivity index (χ4v) is 2.90. The number of phenolic OH excluding ortho intramolecular Hbond substituents is 1. The lowest BCUT2D eigenvalue weighted by Crippen LogP contribution is -2.27. The Kier molecular flexibility index (Phi) is 3.29. The van der Waals surface area contributed by atoms with Crippen LogP contribution in [-0.4, -0.2) is 45.9 Å². The number of amides is 1. The van der Waals surface area contributed by atoms with Crippen LogP contribution in [0.15, 0.2) is 24.3 Å². The van der Waals surface area contributed by atoms with Crippen molar-refractivity contribution in [2.24, 2.45) is 0 Å². The smallest absolute Gasteiger partial charge is 0.271 e. The van der Waals surface area contributed by atoms with Gasteiger partial charge in [-0.05, 0) is 12.1 Å². The van der Waals surface area contributed by atoms with Crippen LogP contribution in [0.1, 0.15) is 9.67 Å². The van der Waals surface area contributed by atoms with Gasteiger partial charge in [-0.2, -0.15) is 0 Å². The minimum Gasteiger partial charge on any atom is -0.507 e. The van der Waals surface area contributed by atoms with E-state index in [9.17, 15) is 15.0 Å². The summed E-state index contributed by atoms with van der Waals surface area (Å²) in [5.74, 6) is -0.561. The van der Waals surface area contributed by atoms with Crippen molar-refractivity contribution in [3.05, 3.63) is 29.1 Å². The maximum absolute atomic E-state index is 12.2. The summed E-state index contributed by atoms with van der Waals surface area (Å²) in [5.41, 5.74) is 0.490. The summed E-state index contributed by atoms with van der Waals surface area (Å²) in [6.45, 7) is 1.22. The number of aromatic nitrogens is 1. The molecular weight excluding hydrogens is 280 g/mol. The molecule has 1 aliphatic rings. The number of benzene rings is 1. The fraction of sp³-hybridized carbons (Fsp3) is 0.231. The Labute approximate surface area is 118 Å². The van der Waals surface area contributed by atoms with Crippen molar-refractivity contribution >= 4 is 17.2 Å². The number of rotatable bonds is 2. The van der Waals surface area contributed by atoms with Gasteiger partial charge in [0.05, 0.1) is 12.2 Å². The molecule has 0 spiro atoms. The summed E-state index contributed by atoms with van der Waals surface area (Å²) in [6.07, 6.45) is 0. The molecule has 1 aliphatic heterocycles. The molecule has 0 saturated carbocycles. The molecule has 2 N–H and O–H groups in total. The van der Waals surface area contributed by atoms with Crippen molar-refractivity contribution in [3.63, 3.8) is 0 Å². The largest absolute Gasteiger partial charge is 0.507 e. The van der Waals surface area contributed by atoms with Gasteiger partial charge >= 0.3 is 0 Å². The molecule has 1 amide bonds. The average molecular weight is 292 g/mol. The first-order chi connectivity index (χ1) is 9.66. The van der Waals surface area contributed by atoms with Gasteiger partial charge < -0.3 is 19.8 Å². The summed E-state index contributed by atoms with van der Waals surface area (Å²) < 4.78 is 5.12. The maximum atomic E-state index is 12.2. The predicted molar refractivity (Wildman–Crippen MR) is 72.7 cm³/mol. The Morgan fingerprint density at radius 2 is 2.15 bits per heavy atom. The molecule has 0 bridgehead atoms. The standard InChI is InChI=1S/C13H12N2O4S/c16-9-4-2-1-3-8(9)12-14-11(17)10(20-12)13(18)15-5-6-19-7-15/h1-4,16-17H,5-7H2. The molecule has 1 aromatic heterocycles. The van der Waals surface area contributed by atoms with Crippen LogP contribution >= 0.6 is 11.3 Å². The van der Waals surface area contributed by atoms with E-state index in [1.54, 1.807) is 18.2 Å². The van der Waals surface area contributed by atoms with Gasteiger partial charge in [-0.15, -0.1) is 11.3 Å². The monoisotopic (exact) mass is 292 g/mol. The molecule has 0 unspecified atom stereocenters. The van der Waals surface area contributed by atoms with E-state index in [0.29, 0.717) is 23.7 Å². The third-order valence-electron chi connectivity index (χ3n) is 2.98. The first-order valence-corrected chi connectivity index (χ1v) is 6.83. The van der Waals surface area contributed by atoms with Gasteiger partial charge in [-0.25, -0.2) is 4.98 Å². The van der Waals surface area contributed by atoms with E-state index in [0.717, 1.165) is 11.3 Å². The zero-order valence-corrected chi connectivity index (χ0v) is 11.3. The average Bonchev–Trinajstić information content (AvgIpc) is 3.08. The first kappa shape index (κ1) is 12.9. The van der Waals surface area contributed by atoms with E-state index in [1.165, 1.54) is 11.0 Å². The number of phenols is 1. The summed E-state index contributed by atoms with van der Waals surface area (Å²) in [5, 5.41) is 20.0. The normalized spacial score (nSPS) is 14.7. The lowest BCUT2D eigenvalue weighted by atomic mass is 10.2. The molecule has 20 heavy (non-hydrogen) atoms. The van der Waals surface area contributed by atoms with Crippen molar-refractivity contribution in [1.82, 2.24) is 9.88 Å². The van der Waals surface area contributed by atoms with Crippen LogP contribution in [0.2, 0.25) is 0 Å². The lowest BCUT2D eigenvalue weighted by molar-refractivity contribution is 0.0696. The molecule has 0 radical (unpaired) electrons. The van der Waals surface area contributed by atoms with Crippen LogP contribution < -0.4 is 0 Å². The van der Waals surface area contributed by atoms with Crippen LogP contribution in [-0.2, 0) is 4.74 Å². The number of nitrogens with zero attached hydrogens (tertiary/aromatic N) is 2. The Morgan fingerprint density at radius 3 is 2.85 bits per heavy atom. The van der Waals surface area contributed by atoms with E-state index in [1.807, 2.05) is 0 Å². The highest BCUT2D eigenvalue weighted by molar-refractivity contribution is 7.17. The highest BCUT2D eigenvalue weighted by Crippen LogP contribution is 2.36. The summed E-state index contributed by atoms with van der Waals surface area (Å²) >= 11 is 1.05. The quantitative estimate of drug-likeness (QED) is 0.879. The molecule has 0 atom stereocenters. The van der Waals surface area contributed by atoms with Gasteiger partial charge in [0.1, 0.15) is 17.5 Å². The number of para-hydroxylation sites is 1. The molecule has 1 saturated heterocycles. The molecule has 2 heterocycles. The van der Waals surface area contributed by atoms with Crippen molar-refractivity contribution < 1.29 is 19.7 Å². The van der Waals surface area contributed by atoms with E-state index in [4.69, 9.17) is 4.74 Å². The van der Waals surface area contributed by atoms with Crippen molar-refractivity contribution in [2.75, 3.05) is 19.9 Å². The number of ether oxygens (including phenoxy) is 1. The Hall–Kier alpha value is -2.12. The van der Waals surface area contributed by atoms with Gasteiger partial charge in [0.25, 0.3) is 5.91 Å². The zero-order chi connectivity index (χ0) is 14.1. The second kappa shape index (κ2) is 5.10. The summed E-state index contributed by atoms with van der Waals surface area (Å²) in [4.78, 5) is 17.8. The predicted octanol–water partition coefficient (Wildman–Crippen LogP) is 1.65. The molecule has 3 rings (SSSR count). The third-order valence-corrected chi connectivity index (χ3v) is 4.04. The van der Waals surface area contributed by atoms with E-state index < -0.39 is 0 Å². The minimum absolute atomic E-state index is 0.0600. The van der Waals surface area contributed by atoms with Crippen molar-refractivity contribution in [2.45, 2.75) is 0 Å². The van der Waals surface area contributed by atoms with E-state index in [-0.39, 0.29) is 29.1 Å². The van der Waals surface area contributed by atoms with Gasteiger partial charge in [0, 0.05) is 6.54 Å². The first-order valence-electron chi connectivity index (χ1n) is 6.02. The van der Waals surface area contributed by atoms with Crippen LogP contribution in [0.3, 0.4) is 0 Å². The minimum atomic E-state index is -0.315. The van der Waals surface area contributed by atoms with Gasteiger partial charge in [-0.3, -0.25) is 4.79 Å². The molecule has 1 fully saturated rings. The molecule has 6 nitrogen and oxygen atoms in total. The number of thiazole rings is 1. The van der Waals surface area contributed by atoms with E-state index in [2.05, 4.69) is 4.98 Å². The molecule has 1 aromatic carbocycles. The molecule has 0 aliphatic carbocycles. The molecule has 104 valence electrons. The van der Waals surface area contributed by atoms with Crippen LogP contribution in [0.5, 0.6) is 11.6 Å². The molecule has 7 heteroatoms. The zero-order valence-electron chi connectivity index (χ0n) is 10.4. The Morgan fingerprint density at radius 1 is 1.35 bits per heavy atom.